The summed E-state index contributed by atoms with van der Waals surface area (Å²) in [5, 5.41) is 0. The Kier molecular flexibility index (Phi) is 11.8. The van der Waals surface area contributed by atoms with Crippen LogP contribution in [0.5, 0.6) is 0 Å². The summed E-state index contributed by atoms with van der Waals surface area (Å²) < 4.78 is 24.7. The molecule has 0 heterocycles. The van der Waals surface area contributed by atoms with Gasteiger partial charge in [-0.1, -0.05) is 64.5 Å². The zero-order valence-corrected chi connectivity index (χ0v) is 17.4. The summed E-state index contributed by atoms with van der Waals surface area (Å²) >= 11 is 0. The molecule has 2 nitrogen and oxygen atoms in total. The van der Waals surface area contributed by atoms with E-state index in [0.29, 0.717) is 5.92 Å². The summed E-state index contributed by atoms with van der Waals surface area (Å²) in [4.78, 5) is 0. The molecule has 0 aliphatic rings. The second-order valence-corrected chi connectivity index (χ2v) is 7.35. The first-order valence-electron chi connectivity index (χ1n) is 10.5. The van der Waals surface area contributed by atoms with Gasteiger partial charge in [0.1, 0.15) is 5.82 Å². The molecule has 1 aromatic rings. The van der Waals surface area contributed by atoms with Gasteiger partial charge in [-0.3, -0.25) is 0 Å². The molecule has 3 heteroatoms. The topological polar surface area (TPSA) is 18.5 Å². The lowest BCUT2D eigenvalue weighted by Gasteiger charge is -2.38. The van der Waals surface area contributed by atoms with Crippen molar-refractivity contribution in [3.63, 3.8) is 0 Å². The molecule has 1 rings (SSSR count). The normalized spacial score (nSPS) is 13.1. The van der Waals surface area contributed by atoms with Crippen molar-refractivity contribution in [1.82, 2.24) is 0 Å². The monoisotopic (exact) mass is 366 g/mol. The van der Waals surface area contributed by atoms with Crippen LogP contribution in [0.1, 0.15) is 83.6 Å². The highest BCUT2D eigenvalue weighted by molar-refractivity contribution is 5.16. The van der Waals surface area contributed by atoms with Crippen molar-refractivity contribution in [3.8, 4) is 0 Å². The minimum absolute atomic E-state index is 0.168. The molecule has 0 amide bonds. The number of unbranched alkanes of at least 4 members (excludes halogenated alkanes) is 5. The smallest absolute Gasteiger partial charge is 0.170 e. The number of ether oxygens (including phenoxy) is 2. The molecule has 0 N–H and O–H groups in total. The van der Waals surface area contributed by atoms with Crippen LogP contribution in [0.2, 0.25) is 0 Å². The highest BCUT2D eigenvalue weighted by Crippen LogP contribution is 2.34. The van der Waals surface area contributed by atoms with Crippen molar-refractivity contribution in [3.05, 3.63) is 35.6 Å². The summed E-state index contributed by atoms with van der Waals surface area (Å²) in [5.41, 5.74) is 1.20. The van der Waals surface area contributed by atoms with Crippen LogP contribution in [-0.4, -0.2) is 20.0 Å². The Labute approximate surface area is 160 Å². The van der Waals surface area contributed by atoms with Crippen LogP contribution in [0, 0.1) is 11.7 Å². The van der Waals surface area contributed by atoms with Crippen molar-refractivity contribution in [2.45, 2.75) is 90.3 Å². The lowest BCUT2D eigenvalue weighted by atomic mass is 9.85. The number of methoxy groups -OCH3 is 2. The molecule has 0 saturated carbocycles. The Morgan fingerprint density at radius 2 is 1.42 bits per heavy atom. The summed E-state index contributed by atoms with van der Waals surface area (Å²) in [7, 11) is 3.53. The first-order chi connectivity index (χ1) is 12.6. The van der Waals surface area contributed by atoms with Gasteiger partial charge in [-0.15, -0.1) is 0 Å². The maximum atomic E-state index is 13.0. The molecule has 0 aromatic heterocycles. The molecule has 1 unspecified atom stereocenters. The van der Waals surface area contributed by atoms with E-state index in [4.69, 9.17) is 9.47 Å². The molecule has 0 aliphatic carbocycles. The fourth-order valence-electron chi connectivity index (χ4n) is 3.95. The number of rotatable bonds is 15. The van der Waals surface area contributed by atoms with E-state index in [0.717, 1.165) is 32.1 Å². The molecule has 0 radical (unpaired) electrons. The maximum Gasteiger partial charge on any atom is 0.170 e. The standard InChI is InChI=1S/C23H39FO2/c1-5-7-8-9-10-11-14-21(23(6-2,25-3)26-4)15-12-13-20-16-18-22(24)19-17-20/h16-19,21H,5-15H2,1-4H3. The molecule has 0 fully saturated rings. The number of benzene rings is 1. The molecule has 1 aromatic carbocycles. The minimum Gasteiger partial charge on any atom is -0.353 e. The van der Waals surface area contributed by atoms with Gasteiger partial charge < -0.3 is 9.47 Å². The highest BCUT2D eigenvalue weighted by atomic mass is 19.1. The van der Waals surface area contributed by atoms with Gasteiger partial charge in [0.05, 0.1) is 0 Å². The minimum atomic E-state index is -0.480. The van der Waals surface area contributed by atoms with Crippen molar-refractivity contribution in [2.24, 2.45) is 5.92 Å². The van der Waals surface area contributed by atoms with Gasteiger partial charge in [0.15, 0.2) is 5.79 Å². The Morgan fingerprint density at radius 3 is 2.00 bits per heavy atom. The van der Waals surface area contributed by atoms with Gasteiger partial charge in [-0.05, 0) is 49.8 Å². The molecule has 0 bridgehead atoms. The third-order valence-electron chi connectivity index (χ3n) is 5.64. The van der Waals surface area contributed by atoms with Gasteiger partial charge in [0.2, 0.25) is 0 Å². The van der Waals surface area contributed by atoms with Gasteiger partial charge in [-0.2, -0.15) is 0 Å². The largest absolute Gasteiger partial charge is 0.353 e. The summed E-state index contributed by atoms with van der Waals surface area (Å²) in [5.74, 6) is -0.251. The van der Waals surface area contributed by atoms with E-state index in [-0.39, 0.29) is 5.82 Å². The second-order valence-electron chi connectivity index (χ2n) is 7.35. The quantitative estimate of drug-likeness (QED) is 0.248. The molecule has 0 spiro atoms. The summed E-state index contributed by atoms with van der Waals surface area (Å²) in [6.45, 7) is 4.39. The van der Waals surface area contributed by atoms with Crippen LogP contribution >= 0.6 is 0 Å². The van der Waals surface area contributed by atoms with Gasteiger partial charge >= 0.3 is 0 Å². The zero-order valence-electron chi connectivity index (χ0n) is 17.4. The third kappa shape index (κ3) is 7.75. The molecule has 0 aliphatic heterocycles. The zero-order chi connectivity index (χ0) is 19.3. The average Bonchev–Trinajstić information content (AvgIpc) is 2.67. The average molecular weight is 367 g/mol. The third-order valence-corrected chi connectivity index (χ3v) is 5.64. The van der Waals surface area contributed by atoms with E-state index in [1.54, 1.807) is 26.4 Å². The van der Waals surface area contributed by atoms with Crippen molar-refractivity contribution in [1.29, 1.82) is 0 Å². The highest BCUT2D eigenvalue weighted by Gasteiger charge is 2.36. The Balaban J connectivity index is 2.54. The Bertz CT molecular complexity index is 446. The predicted molar refractivity (Wildman–Crippen MR) is 108 cm³/mol. The van der Waals surface area contributed by atoms with Gasteiger partial charge in [0.25, 0.3) is 0 Å². The van der Waals surface area contributed by atoms with E-state index < -0.39 is 5.79 Å². The van der Waals surface area contributed by atoms with Crippen molar-refractivity contribution < 1.29 is 13.9 Å². The first kappa shape index (κ1) is 23.1. The Hall–Kier alpha value is -0.930. The fraction of sp³-hybridized carbons (Fsp3) is 0.739. The van der Waals surface area contributed by atoms with Crippen LogP contribution < -0.4 is 0 Å². The van der Waals surface area contributed by atoms with E-state index in [1.807, 2.05) is 12.1 Å². The number of aryl methyl sites for hydroxylation is 1. The molecular weight excluding hydrogens is 327 g/mol. The van der Waals surface area contributed by atoms with Gasteiger partial charge in [0, 0.05) is 20.1 Å². The lowest BCUT2D eigenvalue weighted by Crippen LogP contribution is -2.41. The first-order valence-corrected chi connectivity index (χ1v) is 10.5. The molecule has 150 valence electrons. The summed E-state index contributed by atoms with van der Waals surface area (Å²) in [6.07, 6.45) is 13.0. The SMILES string of the molecule is CCCCCCCCC(CCCc1ccc(F)cc1)C(CC)(OC)OC. The van der Waals surface area contributed by atoms with E-state index in [9.17, 15) is 4.39 Å². The fourth-order valence-corrected chi connectivity index (χ4v) is 3.95. The lowest BCUT2D eigenvalue weighted by molar-refractivity contribution is -0.244. The van der Waals surface area contributed by atoms with Crippen LogP contribution in [0.15, 0.2) is 24.3 Å². The van der Waals surface area contributed by atoms with Crippen LogP contribution in [0.25, 0.3) is 0 Å². The number of halogens is 1. The number of hydrogen-bond acceptors (Lipinski definition) is 2. The second kappa shape index (κ2) is 13.3. The van der Waals surface area contributed by atoms with Gasteiger partial charge in [-0.25, -0.2) is 4.39 Å². The van der Waals surface area contributed by atoms with E-state index >= 15 is 0 Å². The van der Waals surface area contributed by atoms with Crippen molar-refractivity contribution >= 4 is 0 Å². The molecule has 0 saturated heterocycles. The van der Waals surface area contributed by atoms with Crippen molar-refractivity contribution in [2.75, 3.05) is 14.2 Å². The molecule has 1 atom stereocenters. The van der Waals surface area contributed by atoms with E-state index in [1.165, 1.54) is 44.1 Å². The summed E-state index contributed by atoms with van der Waals surface area (Å²) in [6, 6.07) is 6.86. The molecular formula is C23H39FO2. The van der Waals surface area contributed by atoms with Crippen LogP contribution in [0.4, 0.5) is 4.39 Å². The van der Waals surface area contributed by atoms with E-state index in [2.05, 4.69) is 13.8 Å². The number of hydrogen-bond donors (Lipinski definition) is 0. The maximum absolute atomic E-state index is 13.0. The molecule has 26 heavy (non-hydrogen) atoms. The van der Waals surface area contributed by atoms with Crippen LogP contribution in [0.3, 0.4) is 0 Å². The predicted octanol–water partition coefficient (Wildman–Crippen LogP) is 6.91. The Morgan fingerprint density at radius 1 is 0.846 bits per heavy atom. The van der Waals surface area contributed by atoms with Crippen LogP contribution in [-0.2, 0) is 15.9 Å².